The molecule has 480 valence electrons. The topological polar surface area (TPSA) is 71.3 Å². The van der Waals surface area contributed by atoms with E-state index >= 15 is 0 Å². The second-order valence-electron chi connectivity index (χ2n) is 27.6. The summed E-state index contributed by atoms with van der Waals surface area (Å²) in [7, 11) is 0. The fraction of sp³-hybridized carbons (Fsp3) is 0. The van der Waals surface area contributed by atoms with Gasteiger partial charge in [-0.2, -0.15) is 0 Å². The molecule has 0 fully saturated rings. The van der Waals surface area contributed by atoms with Crippen LogP contribution in [0.1, 0.15) is 0 Å². The van der Waals surface area contributed by atoms with Crippen molar-refractivity contribution in [2.45, 2.75) is 0 Å². The van der Waals surface area contributed by atoms with Gasteiger partial charge in [-0.05, 0) is 163 Å². The molecule has 0 aliphatic heterocycles. The van der Waals surface area contributed by atoms with Gasteiger partial charge in [-0.15, -0.1) is 0 Å². The number of rotatable bonds is 7. The van der Waals surface area contributed by atoms with Crippen molar-refractivity contribution >= 4 is 163 Å². The first-order valence-electron chi connectivity index (χ1n) is 35.5. The van der Waals surface area contributed by atoms with E-state index in [1.807, 2.05) is 18.2 Å². The first-order chi connectivity index (χ1) is 51.6. The summed E-state index contributed by atoms with van der Waals surface area (Å²) in [5.74, 6) is 1.56. The van der Waals surface area contributed by atoms with Crippen molar-refractivity contribution in [2.24, 2.45) is 0 Å². The van der Waals surface area contributed by atoms with Crippen molar-refractivity contribution in [3.63, 3.8) is 0 Å². The van der Waals surface area contributed by atoms with Gasteiger partial charge in [0.1, 0.15) is 11.4 Å². The second-order valence-corrected chi connectivity index (χ2v) is 27.6. The van der Waals surface area contributed by atoms with Crippen LogP contribution in [0.3, 0.4) is 0 Å². The molecule has 0 bridgehead atoms. The lowest BCUT2D eigenvalue weighted by atomic mass is 9.98. The standard InChI is InChI=1S/C96H56N8/c1-2-22-61(23-3-1)92-95(99-79-31-15-14-30-78(79)97-92)103-84-50-42-67(55-76(84)90-69-25-9-6-19-58(69)39-47-87(90)103)101-83-33-17-13-29-75(83)89-71-44-37-63(52-65(71)41-49-86(89)101)64-38-46-80-81(54-64)100-96(93(98-80)66-35-34-57-18-4-5-24-62(57)53-66)104-85-51-43-68(56-77(85)91-70-26-10-7-20-59(70)40-48-88(91)104)102-82-32-16-12-28-73(82)74-45-36-60-21-8-11-27-72(60)94(74)102/h1-56H. The van der Waals surface area contributed by atoms with E-state index in [1.54, 1.807) is 0 Å². The highest BCUT2D eigenvalue weighted by Crippen LogP contribution is 2.46. The molecule has 0 unspecified atom stereocenters. The van der Waals surface area contributed by atoms with E-state index in [0.29, 0.717) is 0 Å². The Morgan fingerprint density at radius 3 is 1.29 bits per heavy atom. The Balaban J connectivity index is 0.697. The number of nitrogens with zero attached hydrogens (tertiary/aromatic N) is 8. The van der Waals surface area contributed by atoms with Crippen LogP contribution in [0.25, 0.3) is 220 Å². The van der Waals surface area contributed by atoms with Crippen LogP contribution in [-0.4, -0.2) is 38.2 Å². The molecule has 17 aromatic carbocycles. The van der Waals surface area contributed by atoms with Crippen molar-refractivity contribution in [3.8, 4) is 56.7 Å². The highest BCUT2D eigenvalue weighted by Gasteiger charge is 2.26. The minimum absolute atomic E-state index is 0.766. The lowest BCUT2D eigenvalue weighted by molar-refractivity contribution is 1.08. The van der Waals surface area contributed by atoms with Gasteiger partial charge in [0.05, 0.1) is 66.2 Å². The van der Waals surface area contributed by atoms with Gasteiger partial charge in [-0.1, -0.05) is 237 Å². The SMILES string of the molecule is c1ccc(-c2nc3ccccc3nc2-n2c3ccc(-n4c5ccccc5c5c6ccc(-c7ccc8nc(-c9ccc%10ccccc%10c9)c(-n9c%10ccc(-n%11c%12ccccc%12c%12ccc%13ccccc%13c%12%11)cc%10c%10c%11ccccc%11ccc%109)nc8c7)cc6ccc54)cc3c3c4ccccc4ccc32)cc1. The van der Waals surface area contributed by atoms with Crippen molar-refractivity contribution in [1.29, 1.82) is 0 Å². The predicted molar refractivity (Wildman–Crippen MR) is 434 cm³/mol. The molecule has 23 aromatic rings. The molecular formula is C96H56N8. The summed E-state index contributed by atoms with van der Waals surface area (Å²) in [4.78, 5) is 22.4. The van der Waals surface area contributed by atoms with Gasteiger partial charge in [0.25, 0.3) is 0 Å². The fourth-order valence-corrected chi connectivity index (χ4v) is 17.4. The molecule has 0 radical (unpaired) electrons. The van der Waals surface area contributed by atoms with Gasteiger partial charge in [0.2, 0.25) is 0 Å². The molecular weight excluding hydrogens is 1270 g/mol. The normalized spacial score (nSPS) is 12.2. The second kappa shape index (κ2) is 21.7. The van der Waals surface area contributed by atoms with Crippen molar-refractivity contribution in [2.75, 3.05) is 0 Å². The Bertz CT molecular complexity index is 7680. The van der Waals surface area contributed by atoms with E-state index in [2.05, 4.69) is 340 Å². The monoisotopic (exact) mass is 1320 g/mol. The molecule has 8 heteroatoms. The quantitative estimate of drug-likeness (QED) is 0.159. The van der Waals surface area contributed by atoms with Crippen LogP contribution in [0.2, 0.25) is 0 Å². The average molecular weight is 1320 g/mol. The summed E-state index contributed by atoms with van der Waals surface area (Å²) in [6.45, 7) is 0. The number of aromatic nitrogens is 8. The van der Waals surface area contributed by atoms with Gasteiger partial charge in [-0.25, -0.2) is 19.9 Å². The number of hydrogen-bond donors (Lipinski definition) is 0. The minimum Gasteiger partial charge on any atom is -0.309 e. The van der Waals surface area contributed by atoms with E-state index in [1.165, 1.54) is 86.4 Å². The molecule has 8 nitrogen and oxygen atoms in total. The first-order valence-corrected chi connectivity index (χ1v) is 35.5. The zero-order valence-corrected chi connectivity index (χ0v) is 55.9. The van der Waals surface area contributed by atoms with Crippen LogP contribution in [0.4, 0.5) is 0 Å². The van der Waals surface area contributed by atoms with Crippen LogP contribution in [0.15, 0.2) is 340 Å². The van der Waals surface area contributed by atoms with Crippen LogP contribution in [0.5, 0.6) is 0 Å². The van der Waals surface area contributed by atoms with E-state index < -0.39 is 0 Å². The molecule has 0 N–H and O–H groups in total. The molecule has 0 aliphatic rings. The molecule has 6 aromatic heterocycles. The molecule has 0 saturated heterocycles. The van der Waals surface area contributed by atoms with Crippen LogP contribution >= 0.6 is 0 Å². The molecule has 0 saturated carbocycles. The molecule has 0 aliphatic carbocycles. The Labute approximate surface area is 594 Å². The Morgan fingerprint density at radius 1 is 0.183 bits per heavy atom. The van der Waals surface area contributed by atoms with Gasteiger partial charge in [0.15, 0.2) is 11.6 Å². The third-order valence-corrected chi connectivity index (χ3v) is 22.0. The highest BCUT2D eigenvalue weighted by atomic mass is 15.1. The van der Waals surface area contributed by atoms with Crippen molar-refractivity contribution < 1.29 is 0 Å². The Morgan fingerprint density at radius 2 is 0.596 bits per heavy atom. The third kappa shape index (κ3) is 8.24. The van der Waals surface area contributed by atoms with Gasteiger partial charge < -0.3 is 9.13 Å². The third-order valence-electron chi connectivity index (χ3n) is 22.0. The molecule has 23 rings (SSSR count). The predicted octanol–water partition coefficient (Wildman–Crippen LogP) is 24.7. The highest BCUT2D eigenvalue weighted by molar-refractivity contribution is 6.26. The maximum Gasteiger partial charge on any atom is 0.165 e. The van der Waals surface area contributed by atoms with E-state index in [9.17, 15) is 0 Å². The molecule has 6 heterocycles. The lowest BCUT2D eigenvalue weighted by Gasteiger charge is -2.15. The molecule has 0 amide bonds. The lowest BCUT2D eigenvalue weighted by Crippen LogP contribution is -2.04. The smallest absolute Gasteiger partial charge is 0.165 e. The van der Waals surface area contributed by atoms with Gasteiger partial charge in [-0.3, -0.25) is 9.13 Å². The zero-order chi connectivity index (χ0) is 67.8. The van der Waals surface area contributed by atoms with Gasteiger partial charge in [0, 0.05) is 71.0 Å². The number of benzene rings is 17. The number of fused-ring (bicyclic) bond motifs is 23. The average Bonchev–Trinajstić information content (AvgIpc) is 1.56. The molecule has 104 heavy (non-hydrogen) atoms. The largest absolute Gasteiger partial charge is 0.309 e. The Hall–Kier alpha value is -14.1. The van der Waals surface area contributed by atoms with Crippen LogP contribution < -0.4 is 0 Å². The fourth-order valence-electron chi connectivity index (χ4n) is 17.4. The summed E-state index contributed by atoms with van der Waals surface area (Å²) >= 11 is 0. The number of hydrogen-bond acceptors (Lipinski definition) is 4. The summed E-state index contributed by atoms with van der Waals surface area (Å²) in [5.41, 5.74) is 20.2. The van der Waals surface area contributed by atoms with Crippen molar-refractivity contribution in [1.82, 2.24) is 38.2 Å². The minimum atomic E-state index is 0.766. The van der Waals surface area contributed by atoms with E-state index in [0.717, 1.165) is 133 Å². The van der Waals surface area contributed by atoms with Crippen LogP contribution in [0, 0.1) is 0 Å². The zero-order valence-electron chi connectivity index (χ0n) is 55.9. The van der Waals surface area contributed by atoms with E-state index in [4.69, 9.17) is 19.9 Å². The summed E-state index contributed by atoms with van der Waals surface area (Å²) < 4.78 is 9.64. The Kier molecular flexibility index (Phi) is 11.9. The number of para-hydroxylation sites is 4. The molecule has 0 atom stereocenters. The van der Waals surface area contributed by atoms with Gasteiger partial charge >= 0.3 is 0 Å². The van der Waals surface area contributed by atoms with Crippen molar-refractivity contribution in [3.05, 3.63) is 340 Å². The summed E-state index contributed by atoms with van der Waals surface area (Å²) in [5, 5.41) is 21.3. The maximum absolute atomic E-state index is 5.88. The maximum atomic E-state index is 5.88. The first kappa shape index (κ1) is 56.8. The summed E-state index contributed by atoms with van der Waals surface area (Å²) in [6, 6.07) is 124. The van der Waals surface area contributed by atoms with E-state index in [-0.39, 0.29) is 0 Å². The summed E-state index contributed by atoms with van der Waals surface area (Å²) in [6.07, 6.45) is 0. The molecule has 0 spiro atoms. The van der Waals surface area contributed by atoms with Crippen LogP contribution in [-0.2, 0) is 0 Å².